The fourth-order valence-corrected chi connectivity index (χ4v) is 1.23. The van der Waals surface area contributed by atoms with Crippen LogP contribution in [0.25, 0.3) is 0 Å². The van der Waals surface area contributed by atoms with Gasteiger partial charge in [0.2, 0.25) is 0 Å². The monoisotopic (exact) mass is 182 g/mol. The number of aliphatic carboxylic acids is 1. The van der Waals surface area contributed by atoms with Crippen LogP contribution in [0.1, 0.15) is 25.5 Å². The normalized spacial score (nSPS) is 10.2. The minimum atomic E-state index is -0.760. The van der Waals surface area contributed by atoms with Gasteiger partial charge in [0, 0.05) is 18.4 Å². The van der Waals surface area contributed by atoms with Crippen LogP contribution in [0.4, 0.5) is 0 Å². The van der Waals surface area contributed by atoms with Crippen LogP contribution >= 0.6 is 0 Å². The second-order valence-corrected chi connectivity index (χ2v) is 2.97. The van der Waals surface area contributed by atoms with Crippen molar-refractivity contribution in [3.63, 3.8) is 0 Å². The van der Waals surface area contributed by atoms with E-state index in [0.29, 0.717) is 6.42 Å². The van der Waals surface area contributed by atoms with Crippen molar-refractivity contribution in [1.29, 1.82) is 0 Å². The van der Waals surface area contributed by atoms with Crippen LogP contribution < -0.4 is 0 Å². The third-order valence-electron chi connectivity index (χ3n) is 1.86. The predicted octanol–water partition coefficient (Wildman–Crippen LogP) is 1.31. The molecule has 1 heterocycles. The zero-order chi connectivity index (χ0) is 9.68. The highest BCUT2D eigenvalue weighted by Gasteiger charge is 2.03. The van der Waals surface area contributed by atoms with E-state index in [-0.39, 0.29) is 6.42 Å². The Hall–Kier alpha value is -1.32. The maximum atomic E-state index is 10.3. The van der Waals surface area contributed by atoms with Crippen molar-refractivity contribution in [3.8, 4) is 0 Å². The van der Waals surface area contributed by atoms with Crippen LogP contribution in [0.15, 0.2) is 12.5 Å². The lowest BCUT2D eigenvalue weighted by Crippen LogP contribution is -2.04. The van der Waals surface area contributed by atoms with Crippen LogP contribution in [0.5, 0.6) is 0 Å². The molecular weight excluding hydrogens is 168 g/mol. The molecule has 4 nitrogen and oxygen atoms in total. The lowest BCUT2D eigenvalue weighted by molar-refractivity contribution is -0.136. The van der Waals surface area contributed by atoms with Crippen LogP contribution in [0.2, 0.25) is 0 Å². The minimum absolute atomic E-state index is 0.176. The molecule has 0 aromatic carbocycles. The van der Waals surface area contributed by atoms with Gasteiger partial charge in [0.15, 0.2) is 0 Å². The van der Waals surface area contributed by atoms with Crippen LogP contribution in [-0.2, 0) is 17.8 Å². The topological polar surface area (TPSA) is 55.1 Å². The number of nitrogens with zero attached hydrogens (tertiary/aromatic N) is 2. The van der Waals surface area contributed by atoms with Gasteiger partial charge in [-0.3, -0.25) is 4.79 Å². The fraction of sp³-hybridized carbons (Fsp3) is 0.556. The molecule has 0 fully saturated rings. The Bertz CT molecular complexity index is 281. The first-order chi connectivity index (χ1) is 6.24. The number of rotatable bonds is 5. The first kappa shape index (κ1) is 9.77. The summed E-state index contributed by atoms with van der Waals surface area (Å²) < 4.78 is 2.00. The molecule has 72 valence electrons. The highest BCUT2D eigenvalue weighted by molar-refractivity contribution is 5.66. The van der Waals surface area contributed by atoms with Gasteiger partial charge in [0.1, 0.15) is 0 Å². The summed E-state index contributed by atoms with van der Waals surface area (Å²) in [5, 5.41) is 8.50. The van der Waals surface area contributed by atoms with E-state index in [1.165, 1.54) is 0 Å². The smallest absolute Gasteiger partial charge is 0.303 e. The molecule has 0 radical (unpaired) electrons. The summed E-state index contributed by atoms with van der Waals surface area (Å²) in [4.78, 5) is 14.3. The van der Waals surface area contributed by atoms with E-state index in [1.807, 2.05) is 4.57 Å². The number of carboxylic acids is 1. The van der Waals surface area contributed by atoms with Crippen molar-refractivity contribution < 1.29 is 9.90 Å². The molecule has 1 aromatic rings. The standard InChI is InChI=1S/C9H14N2O2/c1-2-5-11-7-10-6-8(11)3-4-9(12)13/h6-7H,2-5H2,1H3,(H,12,13). The third-order valence-corrected chi connectivity index (χ3v) is 1.86. The maximum absolute atomic E-state index is 10.3. The molecule has 0 aliphatic heterocycles. The Morgan fingerprint density at radius 1 is 1.69 bits per heavy atom. The van der Waals surface area contributed by atoms with Crippen molar-refractivity contribution >= 4 is 5.97 Å². The number of carbonyl (C=O) groups is 1. The quantitative estimate of drug-likeness (QED) is 0.747. The molecular formula is C9H14N2O2. The predicted molar refractivity (Wildman–Crippen MR) is 48.5 cm³/mol. The number of aromatic nitrogens is 2. The van der Waals surface area contributed by atoms with E-state index < -0.39 is 5.97 Å². The van der Waals surface area contributed by atoms with Crippen LogP contribution in [0, 0.1) is 0 Å². The van der Waals surface area contributed by atoms with Gasteiger partial charge in [-0.1, -0.05) is 6.92 Å². The van der Waals surface area contributed by atoms with Crippen LogP contribution in [-0.4, -0.2) is 20.6 Å². The van der Waals surface area contributed by atoms with Crippen LogP contribution in [0.3, 0.4) is 0 Å². The Kier molecular flexibility index (Phi) is 3.49. The van der Waals surface area contributed by atoms with Gasteiger partial charge in [0.25, 0.3) is 0 Å². The molecule has 1 aromatic heterocycles. The van der Waals surface area contributed by atoms with Gasteiger partial charge in [-0.05, 0) is 12.8 Å². The zero-order valence-corrected chi connectivity index (χ0v) is 7.73. The second-order valence-electron chi connectivity index (χ2n) is 2.97. The number of imidazole rings is 1. The first-order valence-electron chi connectivity index (χ1n) is 4.45. The Morgan fingerprint density at radius 2 is 2.46 bits per heavy atom. The molecule has 0 spiro atoms. The van der Waals surface area contributed by atoms with Gasteiger partial charge >= 0.3 is 5.97 Å². The number of hydrogen-bond donors (Lipinski definition) is 1. The second kappa shape index (κ2) is 4.64. The van der Waals surface area contributed by atoms with Crippen molar-refractivity contribution in [2.45, 2.75) is 32.7 Å². The number of carboxylic acid groups (broad SMARTS) is 1. The summed E-state index contributed by atoms with van der Waals surface area (Å²) in [7, 11) is 0. The molecule has 1 rings (SSSR count). The molecule has 4 heteroatoms. The summed E-state index contributed by atoms with van der Waals surface area (Å²) in [6.45, 7) is 3.00. The van der Waals surface area contributed by atoms with Crippen molar-refractivity contribution in [2.75, 3.05) is 0 Å². The number of hydrogen-bond acceptors (Lipinski definition) is 2. The van der Waals surface area contributed by atoms with Gasteiger partial charge in [-0.2, -0.15) is 0 Å². The number of aryl methyl sites for hydroxylation is 2. The van der Waals surface area contributed by atoms with E-state index in [9.17, 15) is 4.79 Å². The molecule has 0 aliphatic carbocycles. The highest BCUT2D eigenvalue weighted by Crippen LogP contribution is 2.03. The van der Waals surface area contributed by atoms with E-state index >= 15 is 0 Å². The van der Waals surface area contributed by atoms with E-state index in [1.54, 1.807) is 12.5 Å². The molecule has 0 unspecified atom stereocenters. The molecule has 1 N–H and O–H groups in total. The molecule has 0 bridgehead atoms. The lowest BCUT2D eigenvalue weighted by atomic mass is 10.2. The Labute approximate surface area is 77.2 Å². The van der Waals surface area contributed by atoms with E-state index in [2.05, 4.69) is 11.9 Å². The molecule has 0 saturated heterocycles. The summed E-state index contributed by atoms with van der Waals surface area (Å²) in [6, 6.07) is 0. The fourth-order valence-electron chi connectivity index (χ4n) is 1.23. The average Bonchev–Trinajstić information content (AvgIpc) is 2.49. The Balaban J connectivity index is 2.54. The van der Waals surface area contributed by atoms with Gasteiger partial charge in [-0.25, -0.2) is 4.98 Å². The van der Waals surface area contributed by atoms with Gasteiger partial charge < -0.3 is 9.67 Å². The summed E-state index contributed by atoms with van der Waals surface area (Å²) in [5.41, 5.74) is 1.00. The largest absolute Gasteiger partial charge is 0.481 e. The zero-order valence-electron chi connectivity index (χ0n) is 7.73. The summed E-state index contributed by atoms with van der Waals surface area (Å²) in [6.07, 6.45) is 5.26. The first-order valence-corrected chi connectivity index (χ1v) is 4.45. The van der Waals surface area contributed by atoms with Crippen molar-refractivity contribution in [1.82, 2.24) is 9.55 Å². The minimum Gasteiger partial charge on any atom is -0.481 e. The third kappa shape index (κ3) is 2.89. The molecule has 13 heavy (non-hydrogen) atoms. The summed E-state index contributed by atoms with van der Waals surface area (Å²) >= 11 is 0. The lowest BCUT2D eigenvalue weighted by Gasteiger charge is -2.04. The van der Waals surface area contributed by atoms with Gasteiger partial charge in [-0.15, -0.1) is 0 Å². The maximum Gasteiger partial charge on any atom is 0.303 e. The van der Waals surface area contributed by atoms with E-state index in [4.69, 9.17) is 5.11 Å². The summed E-state index contributed by atoms with van der Waals surface area (Å²) in [5.74, 6) is -0.760. The van der Waals surface area contributed by atoms with Crippen molar-refractivity contribution in [2.24, 2.45) is 0 Å². The highest BCUT2D eigenvalue weighted by atomic mass is 16.4. The molecule has 0 atom stereocenters. The van der Waals surface area contributed by atoms with Crippen molar-refractivity contribution in [3.05, 3.63) is 18.2 Å². The average molecular weight is 182 g/mol. The molecule has 0 aliphatic rings. The SMILES string of the molecule is CCCn1cncc1CCC(=O)O. The molecule has 0 amide bonds. The molecule has 0 saturated carbocycles. The Morgan fingerprint density at radius 3 is 3.08 bits per heavy atom. The van der Waals surface area contributed by atoms with E-state index in [0.717, 1.165) is 18.7 Å². The van der Waals surface area contributed by atoms with Gasteiger partial charge in [0.05, 0.1) is 12.7 Å².